The zero-order valence-electron chi connectivity index (χ0n) is 9.24. The van der Waals surface area contributed by atoms with Gasteiger partial charge in [-0.15, -0.1) is 0 Å². The Hall–Kier alpha value is -1.32. The van der Waals surface area contributed by atoms with Crippen molar-refractivity contribution in [2.45, 2.75) is 20.5 Å². The highest BCUT2D eigenvalue weighted by Gasteiger charge is 2.07. The Kier molecular flexibility index (Phi) is 2.99. The fourth-order valence-electron chi connectivity index (χ4n) is 1.60. The van der Waals surface area contributed by atoms with Crippen LogP contribution in [0.3, 0.4) is 0 Å². The Balaban J connectivity index is 2.53. The van der Waals surface area contributed by atoms with Crippen molar-refractivity contribution in [1.82, 2.24) is 9.78 Å². The molecule has 0 aliphatic heterocycles. The molecule has 3 nitrogen and oxygen atoms in total. The second-order valence-electron chi connectivity index (χ2n) is 3.77. The quantitative estimate of drug-likeness (QED) is 0.871. The van der Waals surface area contributed by atoms with Crippen LogP contribution < -0.4 is 0 Å². The lowest BCUT2D eigenvalue weighted by Gasteiger charge is -2.05. The molecule has 0 saturated heterocycles. The molecule has 0 atom stereocenters. The van der Waals surface area contributed by atoms with Crippen molar-refractivity contribution in [2.24, 2.45) is 0 Å². The van der Waals surface area contributed by atoms with Crippen molar-refractivity contribution < 1.29 is 5.11 Å². The van der Waals surface area contributed by atoms with Gasteiger partial charge in [-0.05, 0) is 31.5 Å². The molecule has 0 aliphatic carbocycles. The average molecular weight is 237 g/mol. The second-order valence-corrected chi connectivity index (χ2v) is 4.21. The summed E-state index contributed by atoms with van der Waals surface area (Å²) in [4.78, 5) is 0. The number of aryl methyl sites for hydroxylation is 2. The average Bonchev–Trinajstić information content (AvgIpc) is 2.63. The van der Waals surface area contributed by atoms with E-state index in [9.17, 15) is 0 Å². The molecule has 1 heterocycles. The monoisotopic (exact) mass is 236 g/mol. The fraction of sp³-hybridized carbons (Fsp3) is 0.250. The van der Waals surface area contributed by atoms with Crippen LogP contribution in [0.15, 0.2) is 24.4 Å². The number of halogens is 1. The van der Waals surface area contributed by atoms with Gasteiger partial charge in [-0.3, -0.25) is 0 Å². The predicted molar refractivity (Wildman–Crippen MR) is 64.0 cm³/mol. The van der Waals surface area contributed by atoms with Gasteiger partial charge < -0.3 is 5.11 Å². The van der Waals surface area contributed by atoms with E-state index in [1.165, 1.54) is 0 Å². The van der Waals surface area contributed by atoms with E-state index in [1.54, 1.807) is 4.68 Å². The molecular weight excluding hydrogens is 224 g/mol. The lowest BCUT2D eigenvalue weighted by Crippen LogP contribution is -1.97. The maximum Gasteiger partial charge on any atom is 0.0715 e. The number of rotatable bonds is 2. The maximum atomic E-state index is 9.12. The number of nitrogens with zero attached hydrogens (tertiary/aromatic N) is 2. The third-order valence-corrected chi connectivity index (χ3v) is 2.82. The van der Waals surface area contributed by atoms with Crippen molar-refractivity contribution in [3.8, 4) is 5.69 Å². The molecule has 0 unspecified atom stereocenters. The largest absolute Gasteiger partial charge is 0.392 e. The van der Waals surface area contributed by atoms with Gasteiger partial charge in [-0.2, -0.15) is 5.10 Å². The van der Waals surface area contributed by atoms with E-state index < -0.39 is 0 Å². The summed E-state index contributed by atoms with van der Waals surface area (Å²) < 4.78 is 1.75. The zero-order chi connectivity index (χ0) is 11.7. The normalized spacial score (nSPS) is 10.8. The van der Waals surface area contributed by atoms with Gasteiger partial charge in [-0.1, -0.05) is 17.7 Å². The van der Waals surface area contributed by atoms with Crippen LogP contribution in [-0.4, -0.2) is 14.9 Å². The van der Waals surface area contributed by atoms with E-state index in [0.29, 0.717) is 5.02 Å². The van der Waals surface area contributed by atoms with Gasteiger partial charge in [-0.25, -0.2) is 4.68 Å². The van der Waals surface area contributed by atoms with Crippen molar-refractivity contribution in [3.63, 3.8) is 0 Å². The first-order chi connectivity index (χ1) is 7.61. The topological polar surface area (TPSA) is 38.0 Å². The fourth-order valence-corrected chi connectivity index (χ4v) is 1.77. The Morgan fingerprint density at radius 1 is 1.38 bits per heavy atom. The molecule has 2 aromatic rings. The van der Waals surface area contributed by atoms with Crippen molar-refractivity contribution in [1.29, 1.82) is 0 Å². The van der Waals surface area contributed by atoms with Crippen LogP contribution >= 0.6 is 11.6 Å². The van der Waals surface area contributed by atoms with Crippen LogP contribution in [-0.2, 0) is 6.61 Å². The number of aliphatic hydroxyl groups is 1. The van der Waals surface area contributed by atoms with Crippen molar-refractivity contribution in [2.75, 3.05) is 0 Å². The third-order valence-electron chi connectivity index (χ3n) is 2.59. The van der Waals surface area contributed by atoms with E-state index in [4.69, 9.17) is 16.7 Å². The summed E-state index contributed by atoms with van der Waals surface area (Å²) in [6.07, 6.45) is 1.83. The standard InChI is InChI=1S/C12H13ClN2O/c1-8-3-4-11(13)5-12(8)15-6-10(7-16)9(2)14-15/h3-6,16H,7H2,1-2H3. The molecule has 0 saturated carbocycles. The molecule has 0 spiro atoms. The Bertz CT molecular complexity index is 520. The van der Waals surface area contributed by atoms with E-state index in [2.05, 4.69) is 5.10 Å². The van der Waals surface area contributed by atoms with Gasteiger partial charge >= 0.3 is 0 Å². The molecule has 4 heteroatoms. The Morgan fingerprint density at radius 2 is 2.12 bits per heavy atom. The van der Waals surface area contributed by atoms with E-state index in [-0.39, 0.29) is 6.61 Å². The molecule has 0 fully saturated rings. The molecule has 0 radical (unpaired) electrons. The number of benzene rings is 1. The summed E-state index contributed by atoms with van der Waals surface area (Å²) in [5.74, 6) is 0. The lowest BCUT2D eigenvalue weighted by molar-refractivity contribution is 0.281. The van der Waals surface area contributed by atoms with Crippen LogP contribution in [0.25, 0.3) is 5.69 Å². The first-order valence-electron chi connectivity index (χ1n) is 5.04. The highest BCUT2D eigenvalue weighted by Crippen LogP contribution is 2.20. The zero-order valence-corrected chi connectivity index (χ0v) is 9.99. The highest BCUT2D eigenvalue weighted by atomic mass is 35.5. The smallest absolute Gasteiger partial charge is 0.0715 e. The Morgan fingerprint density at radius 3 is 2.75 bits per heavy atom. The van der Waals surface area contributed by atoms with Crippen molar-refractivity contribution in [3.05, 3.63) is 46.2 Å². The minimum atomic E-state index is 0.00540. The van der Waals surface area contributed by atoms with Crippen LogP contribution in [0, 0.1) is 13.8 Å². The van der Waals surface area contributed by atoms with Crippen LogP contribution in [0.4, 0.5) is 0 Å². The molecule has 0 bridgehead atoms. The Labute approximate surface area is 99.3 Å². The number of hydrogen-bond acceptors (Lipinski definition) is 2. The summed E-state index contributed by atoms with van der Waals surface area (Å²) in [5, 5.41) is 14.2. The predicted octanol–water partition coefficient (Wildman–Crippen LogP) is 2.63. The highest BCUT2D eigenvalue weighted by molar-refractivity contribution is 6.30. The lowest BCUT2D eigenvalue weighted by atomic mass is 10.2. The molecular formula is C12H13ClN2O. The molecule has 84 valence electrons. The summed E-state index contributed by atoms with van der Waals surface area (Å²) in [5.41, 5.74) is 3.70. The molecule has 16 heavy (non-hydrogen) atoms. The molecule has 1 aromatic carbocycles. The molecule has 1 aromatic heterocycles. The third kappa shape index (κ3) is 1.96. The maximum absolute atomic E-state index is 9.12. The van der Waals surface area contributed by atoms with Crippen molar-refractivity contribution >= 4 is 11.6 Å². The van der Waals surface area contributed by atoms with E-state index >= 15 is 0 Å². The summed E-state index contributed by atoms with van der Waals surface area (Å²) >= 11 is 5.96. The van der Waals surface area contributed by atoms with Gasteiger partial charge in [0.2, 0.25) is 0 Å². The van der Waals surface area contributed by atoms with E-state index in [0.717, 1.165) is 22.5 Å². The van der Waals surface area contributed by atoms with Crippen LogP contribution in [0.5, 0.6) is 0 Å². The number of hydrogen-bond donors (Lipinski definition) is 1. The molecule has 1 N–H and O–H groups in total. The second kappa shape index (κ2) is 4.28. The number of aliphatic hydroxyl groups excluding tert-OH is 1. The first kappa shape index (κ1) is 11.2. The van der Waals surface area contributed by atoms with Gasteiger partial charge in [0, 0.05) is 16.8 Å². The summed E-state index contributed by atoms with van der Waals surface area (Å²) in [6.45, 7) is 3.88. The van der Waals surface area contributed by atoms with Crippen LogP contribution in [0.2, 0.25) is 5.02 Å². The first-order valence-corrected chi connectivity index (χ1v) is 5.42. The van der Waals surface area contributed by atoms with Crippen LogP contribution in [0.1, 0.15) is 16.8 Å². The molecule has 0 aliphatic rings. The minimum Gasteiger partial charge on any atom is -0.392 e. The molecule has 0 amide bonds. The van der Waals surface area contributed by atoms with Gasteiger partial charge in [0.25, 0.3) is 0 Å². The van der Waals surface area contributed by atoms with Gasteiger partial charge in [0.05, 0.1) is 18.0 Å². The SMILES string of the molecule is Cc1ccc(Cl)cc1-n1cc(CO)c(C)n1. The van der Waals surface area contributed by atoms with Gasteiger partial charge in [0.1, 0.15) is 0 Å². The number of aromatic nitrogens is 2. The summed E-state index contributed by atoms with van der Waals surface area (Å²) in [7, 11) is 0. The van der Waals surface area contributed by atoms with E-state index in [1.807, 2.05) is 38.2 Å². The summed E-state index contributed by atoms with van der Waals surface area (Å²) in [6, 6.07) is 5.67. The van der Waals surface area contributed by atoms with Gasteiger partial charge in [0.15, 0.2) is 0 Å². The molecule has 2 rings (SSSR count). The minimum absolute atomic E-state index is 0.00540.